The van der Waals surface area contributed by atoms with Gasteiger partial charge in [0.15, 0.2) is 0 Å². The van der Waals surface area contributed by atoms with E-state index in [1.54, 1.807) is 6.20 Å². The smallest absolute Gasteiger partial charge is 0.253 e. The molecule has 2 N–H and O–H groups in total. The van der Waals surface area contributed by atoms with Gasteiger partial charge in [-0.3, -0.25) is 9.59 Å². The molecule has 2 aliphatic carbocycles. The highest BCUT2D eigenvalue weighted by molar-refractivity contribution is 6.04. The van der Waals surface area contributed by atoms with Gasteiger partial charge in [-0.25, -0.2) is 4.98 Å². The maximum Gasteiger partial charge on any atom is 0.253 e. The molecule has 0 spiro atoms. The molecule has 0 atom stereocenters. The number of anilines is 2. The van der Waals surface area contributed by atoms with Crippen LogP contribution in [0.2, 0.25) is 0 Å². The molecule has 2 heterocycles. The van der Waals surface area contributed by atoms with Crippen molar-refractivity contribution in [2.45, 2.75) is 63.8 Å². The average molecular weight is 356 g/mol. The van der Waals surface area contributed by atoms with Crippen LogP contribution in [0, 0.1) is 5.92 Å². The third kappa shape index (κ3) is 4.00. The Bertz CT molecular complexity index is 678. The zero-order valence-corrected chi connectivity index (χ0v) is 15.3. The number of aromatic nitrogens is 1. The molecule has 4 rings (SSSR count). The van der Waals surface area contributed by atoms with Crippen LogP contribution in [0.15, 0.2) is 12.3 Å². The molecule has 2 fully saturated rings. The summed E-state index contributed by atoms with van der Waals surface area (Å²) in [5.41, 5.74) is 1.29. The standard InChI is InChI=1S/C20H28N4O2/c25-18-12-22-19-17(24(18)13-14-8-9-14)10-15(11-21-19)20(26)23-16-6-4-2-1-3-5-7-16/h10-11,14,16H,1-9,12-13H2,(H,21,22)(H,23,26). The molecule has 0 bridgehead atoms. The lowest BCUT2D eigenvalue weighted by molar-refractivity contribution is -0.117. The van der Waals surface area contributed by atoms with Crippen LogP contribution < -0.4 is 15.5 Å². The SMILES string of the molecule is O=C(NC1CCCCCCC1)c1cnc2c(c1)N(CC1CC1)C(=O)CN2. The summed E-state index contributed by atoms with van der Waals surface area (Å²) in [5.74, 6) is 1.28. The summed E-state index contributed by atoms with van der Waals surface area (Å²) in [6, 6.07) is 2.08. The first-order chi connectivity index (χ1) is 12.7. The second-order valence-corrected chi connectivity index (χ2v) is 7.91. The number of fused-ring (bicyclic) bond motifs is 1. The van der Waals surface area contributed by atoms with Gasteiger partial charge < -0.3 is 15.5 Å². The largest absolute Gasteiger partial charge is 0.359 e. The number of nitrogens with one attached hydrogen (secondary N) is 2. The van der Waals surface area contributed by atoms with E-state index in [0.29, 0.717) is 17.3 Å². The molecular formula is C20H28N4O2. The van der Waals surface area contributed by atoms with Gasteiger partial charge in [0, 0.05) is 18.8 Å². The van der Waals surface area contributed by atoms with E-state index in [0.717, 1.165) is 25.1 Å². The normalized spacial score (nSPS) is 21.4. The first-order valence-electron chi connectivity index (χ1n) is 10.1. The third-order valence-electron chi connectivity index (χ3n) is 5.71. The number of pyridine rings is 1. The topological polar surface area (TPSA) is 74.3 Å². The Morgan fingerprint density at radius 1 is 1.15 bits per heavy atom. The monoisotopic (exact) mass is 356 g/mol. The Balaban J connectivity index is 1.48. The number of nitrogens with zero attached hydrogens (tertiary/aromatic N) is 2. The molecule has 1 aliphatic heterocycles. The fourth-order valence-corrected chi connectivity index (χ4v) is 3.94. The van der Waals surface area contributed by atoms with Gasteiger partial charge in [-0.1, -0.05) is 32.1 Å². The summed E-state index contributed by atoms with van der Waals surface area (Å²) in [6.45, 7) is 1.02. The first-order valence-corrected chi connectivity index (χ1v) is 10.1. The zero-order valence-electron chi connectivity index (χ0n) is 15.3. The lowest BCUT2D eigenvalue weighted by atomic mass is 9.96. The van der Waals surface area contributed by atoms with Crippen LogP contribution in [-0.2, 0) is 4.79 Å². The molecule has 1 aromatic heterocycles. The van der Waals surface area contributed by atoms with Gasteiger partial charge in [-0.15, -0.1) is 0 Å². The van der Waals surface area contributed by atoms with Crippen molar-refractivity contribution in [3.63, 3.8) is 0 Å². The molecule has 26 heavy (non-hydrogen) atoms. The van der Waals surface area contributed by atoms with Crippen molar-refractivity contribution in [3.05, 3.63) is 17.8 Å². The quantitative estimate of drug-likeness (QED) is 0.869. The van der Waals surface area contributed by atoms with Crippen LogP contribution in [0.4, 0.5) is 11.5 Å². The second kappa shape index (κ2) is 7.64. The lowest BCUT2D eigenvalue weighted by Gasteiger charge is -2.30. The minimum absolute atomic E-state index is 0.0591. The van der Waals surface area contributed by atoms with E-state index in [1.807, 2.05) is 11.0 Å². The molecule has 0 unspecified atom stereocenters. The van der Waals surface area contributed by atoms with Gasteiger partial charge in [0.25, 0.3) is 5.91 Å². The second-order valence-electron chi connectivity index (χ2n) is 7.91. The van der Waals surface area contributed by atoms with Gasteiger partial charge >= 0.3 is 0 Å². The van der Waals surface area contributed by atoms with E-state index in [9.17, 15) is 9.59 Å². The van der Waals surface area contributed by atoms with E-state index in [-0.39, 0.29) is 24.4 Å². The van der Waals surface area contributed by atoms with Crippen molar-refractivity contribution in [1.29, 1.82) is 0 Å². The van der Waals surface area contributed by atoms with E-state index >= 15 is 0 Å². The van der Waals surface area contributed by atoms with Gasteiger partial charge in [0.2, 0.25) is 5.91 Å². The van der Waals surface area contributed by atoms with Crippen molar-refractivity contribution in [1.82, 2.24) is 10.3 Å². The highest BCUT2D eigenvalue weighted by Crippen LogP contribution is 2.35. The molecule has 140 valence electrons. The van der Waals surface area contributed by atoms with Crippen molar-refractivity contribution in [3.8, 4) is 0 Å². The fraction of sp³-hybridized carbons (Fsp3) is 0.650. The van der Waals surface area contributed by atoms with Crippen LogP contribution in [-0.4, -0.2) is 35.9 Å². The molecule has 2 amide bonds. The molecule has 0 radical (unpaired) electrons. The van der Waals surface area contributed by atoms with Crippen LogP contribution in [0.5, 0.6) is 0 Å². The Labute approximate surface area is 154 Å². The summed E-state index contributed by atoms with van der Waals surface area (Å²) in [5, 5.41) is 6.25. The summed E-state index contributed by atoms with van der Waals surface area (Å²) in [7, 11) is 0. The van der Waals surface area contributed by atoms with Crippen LogP contribution in [0.25, 0.3) is 0 Å². The maximum absolute atomic E-state index is 12.7. The molecule has 6 nitrogen and oxygen atoms in total. The Morgan fingerprint density at radius 3 is 2.62 bits per heavy atom. The van der Waals surface area contributed by atoms with Gasteiger partial charge in [-0.05, 0) is 37.7 Å². The third-order valence-corrected chi connectivity index (χ3v) is 5.71. The molecule has 1 aromatic rings. The Kier molecular flexibility index (Phi) is 5.09. The van der Waals surface area contributed by atoms with Gasteiger partial charge in [0.05, 0.1) is 17.8 Å². The van der Waals surface area contributed by atoms with E-state index < -0.39 is 0 Å². The molecule has 6 heteroatoms. The predicted octanol–water partition coefficient (Wildman–Crippen LogP) is 3.09. The van der Waals surface area contributed by atoms with E-state index in [2.05, 4.69) is 15.6 Å². The van der Waals surface area contributed by atoms with Crippen LogP contribution in [0.3, 0.4) is 0 Å². The van der Waals surface area contributed by atoms with Crippen molar-refractivity contribution < 1.29 is 9.59 Å². The summed E-state index contributed by atoms with van der Waals surface area (Å²) in [6.07, 6.45) is 12.3. The average Bonchev–Trinajstić information content (AvgIpc) is 3.43. The first kappa shape index (κ1) is 17.3. The molecule has 0 saturated heterocycles. The number of hydrogen-bond donors (Lipinski definition) is 2. The van der Waals surface area contributed by atoms with Gasteiger partial charge in [-0.2, -0.15) is 0 Å². The Morgan fingerprint density at radius 2 is 1.88 bits per heavy atom. The van der Waals surface area contributed by atoms with E-state index in [1.165, 1.54) is 44.9 Å². The van der Waals surface area contributed by atoms with Crippen molar-refractivity contribution >= 4 is 23.3 Å². The predicted molar refractivity (Wildman–Crippen MR) is 101 cm³/mol. The minimum Gasteiger partial charge on any atom is -0.359 e. The highest BCUT2D eigenvalue weighted by atomic mass is 16.2. The lowest BCUT2D eigenvalue weighted by Crippen LogP contribution is -2.42. The maximum atomic E-state index is 12.7. The number of rotatable bonds is 4. The van der Waals surface area contributed by atoms with Crippen LogP contribution >= 0.6 is 0 Å². The molecule has 0 aromatic carbocycles. The number of carbonyl (C=O) groups is 2. The number of amides is 2. The van der Waals surface area contributed by atoms with Crippen LogP contribution in [0.1, 0.15) is 68.1 Å². The molecular weight excluding hydrogens is 328 g/mol. The molecule has 3 aliphatic rings. The summed E-state index contributed by atoms with van der Waals surface area (Å²) in [4.78, 5) is 31.3. The van der Waals surface area contributed by atoms with Gasteiger partial charge in [0.1, 0.15) is 5.82 Å². The van der Waals surface area contributed by atoms with E-state index in [4.69, 9.17) is 0 Å². The number of carbonyl (C=O) groups excluding carboxylic acids is 2. The van der Waals surface area contributed by atoms with Crippen molar-refractivity contribution in [2.24, 2.45) is 5.92 Å². The highest BCUT2D eigenvalue weighted by Gasteiger charge is 2.32. The molecule has 2 saturated carbocycles. The Hall–Kier alpha value is -2.11. The summed E-state index contributed by atoms with van der Waals surface area (Å²) >= 11 is 0. The minimum atomic E-state index is -0.0738. The zero-order chi connectivity index (χ0) is 17.9. The fourth-order valence-electron chi connectivity index (χ4n) is 3.94. The van der Waals surface area contributed by atoms with Crippen molar-refractivity contribution in [2.75, 3.05) is 23.3 Å². The number of hydrogen-bond acceptors (Lipinski definition) is 4. The summed E-state index contributed by atoms with van der Waals surface area (Å²) < 4.78 is 0.